The molecule has 2 amide bonds. The Kier molecular flexibility index (Phi) is 6.59. The lowest BCUT2D eigenvalue weighted by Gasteiger charge is -2.41. The van der Waals surface area contributed by atoms with Gasteiger partial charge >= 0.3 is 5.97 Å². The number of rotatable bonds is 7. The summed E-state index contributed by atoms with van der Waals surface area (Å²) >= 11 is 0. The van der Waals surface area contributed by atoms with Crippen molar-refractivity contribution in [3.05, 3.63) is 35.9 Å². The van der Waals surface area contributed by atoms with Crippen molar-refractivity contribution < 1.29 is 24.6 Å². The summed E-state index contributed by atoms with van der Waals surface area (Å²) in [6.07, 6.45) is 0.907. The molecule has 0 spiro atoms. The molecule has 27 heavy (non-hydrogen) atoms. The Morgan fingerprint density at radius 3 is 2.33 bits per heavy atom. The molecule has 1 aromatic rings. The van der Waals surface area contributed by atoms with Gasteiger partial charge in [-0.3, -0.25) is 9.59 Å². The highest BCUT2D eigenvalue weighted by molar-refractivity contribution is 5.94. The number of carbonyl (C=O) groups excluding carboxylic acids is 2. The van der Waals surface area contributed by atoms with Crippen LogP contribution >= 0.6 is 0 Å². The van der Waals surface area contributed by atoms with Gasteiger partial charge < -0.3 is 20.0 Å². The minimum atomic E-state index is -1.40. The number of aliphatic carboxylic acids is 1. The van der Waals surface area contributed by atoms with Gasteiger partial charge in [0.2, 0.25) is 5.91 Å². The van der Waals surface area contributed by atoms with Crippen LogP contribution in [0.3, 0.4) is 0 Å². The van der Waals surface area contributed by atoms with Gasteiger partial charge in [-0.2, -0.15) is 0 Å². The van der Waals surface area contributed by atoms with E-state index in [9.17, 15) is 24.6 Å². The van der Waals surface area contributed by atoms with Crippen LogP contribution in [0.4, 0.5) is 0 Å². The number of aliphatic hydroxyl groups is 1. The smallest absolute Gasteiger partial charge is 0.326 e. The minimum Gasteiger partial charge on any atom is -0.480 e. The lowest BCUT2D eigenvalue weighted by molar-refractivity contribution is -0.162. The Bertz CT molecular complexity index is 691. The molecule has 2 N–H and O–H groups in total. The number of amides is 2. The molecule has 1 aliphatic rings. The molecular formula is C20H28N2O5. The van der Waals surface area contributed by atoms with Crippen molar-refractivity contribution >= 4 is 17.8 Å². The Labute approximate surface area is 159 Å². The summed E-state index contributed by atoms with van der Waals surface area (Å²) in [6.45, 7) is 4.88. The van der Waals surface area contributed by atoms with Crippen molar-refractivity contribution in [2.24, 2.45) is 5.92 Å². The number of likely N-dealkylation sites (tertiary alicyclic amines) is 1. The van der Waals surface area contributed by atoms with Gasteiger partial charge in [-0.1, -0.05) is 44.2 Å². The number of hydrogen-bond acceptors (Lipinski definition) is 4. The van der Waals surface area contributed by atoms with E-state index in [1.165, 1.54) is 16.7 Å². The second-order valence-corrected chi connectivity index (χ2v) is 7.37. The largest absolute Gasteiger partial charge is 0.480 e. The maximum Gasteiger partial charge on any atom is 0.326 e. The second-order valence-electron chi connectivity index (χ2n) is 7.37. The van der Waals surface area contributed by atoms with E-state index in [2.05, 4.69) is 0 Å². The molecule has 0 radical (unpaired) electrons. The Morgan fingerprint density at radius 1 is 1.19 bits per heavy atom. The zero-order valence-electron chi connectivity index (χ0n) is 16.1. The summed E-state index contributed by atoms with van der Waals surface area (Å²) in [6, 6.07) is 8.01. The monoisotopic (exact) mass is 376 g/mol. The third kappa shape index (κ3) is 4.13. The fourth-order valence-electron chi connectivity index (χ4n) is 3.53. The van der Waals surface area contributed by atoms with Crippen LogP contribution in [0.2, 0.25) is 0 Å². The minimum absolute atomic E-state index is 0.0958. The summed E-state index contributed by atoms with van der Waals surface area (Å²) in [5.41, 5.74) is -0.619. The van der Waals surface area contributed by atoms with Crippen LogP contribution in [0.25, 0.3) is 0 Å². The number of aliphatic hydroxyl groups excluding tert-OH is 1. The normalized spacial score (nSPS) is 20.6. The van der Waals surface area contributed by atoms with E-state index in [0.717, 1.165) is 5.56 Å². The first-order valence-corrected chi connectivity index (χ1v) is 9.24. The molecule has 7 heteroatoms. The summed E-state index contributed by atoms with van der Waals surface area (Å²) in [5.74, 6) is -2.18. The predicted molar refractivity (Wildman–Crippen MR) is 99.7 cm³/mol. The Balaban J connectivity index is 2.41. The lowest BCUT2D eigenvalue weighted by atomic mass is 9.93. The molecule has 1 aliphatic heterocycles. The van der Waals surface area contributed by atoms with Crippen LogP contribution in [0.1, 0.15) is 39.2 Å². The number of carbonyl (C=O) groups is 3. The van der Waals surface area contributed by atoms with Gasteiger partial charge in [0.15, 0.2) is 0 Å². The lowest BCUT2D eigenvalue weighted by Crippen LogP contribution is -2.63. The zero-order valence-corrected chi connectivity index (χ0v) is 16.1. The quantitative estimate of drug-likeness (QED) is 0.751. The van der Waals surface area contributed by atoms with Crippen molar-refractivity contribution in [2.45, 2.75) is 51.7 Å². The van der Waals surface area contributed by atoms with Crippen molar-refractivity contribution in [3.63, 3.8) is 0 Å². The highest BCUT2D eigenvalue weighted by Crippen LogP contribution is 2.33. The third-order valence-electron chi connectivity index (χ3n) is 5.19. The highest BCUT2D eigenvalue weighted by atomic mass is 16.4. The fraction of sp³-hybridized carbons (Fsp3) is 0.550. The molecule has 0 aliphatic carbocycles. The standard InChI is InChI=1S/C20H28N2O5/c1-14(2)17(24)22-11-7-10-20(22,13-23)19(27)21(15(3)18(25)26)12-16-8-5-4-6-9-16/h4-6,8-9,14-15,23H,7,10-13H2,1-3H3,(H,25,26)/t15-,20+/m0/s1. The second kappa shape index (κ2) is 8.52. The van der Waals surface area contributed by atoms with E-state index in [-0.39, 0.29) is 18.4 Å². The number of nitrogens with zero attached hydrogens (tertiary/aromatic N) is 2. The number of carboxylic acid groups (broad SMARTS) is 1. The van der Waals surface area contributed by atoms with Crippen LogP contribution in [0.5, 0.6) is 0 Å². The summed E-state index contributed by atoms with van der Waals surface area (Å²) in [5, 5.41) is 19.6. The molecule has 148 valence electrons. The first-order valence-electron chi connectivity index (χ1n) is 9.24. The molecular weight excluding hydrogens is 348 g/mol. The SMILES string of the molecule is CC(C)C(=O)N1CCC[C@@]1(CO)C(=O)N(Cc1ccccc1)[C@@H](C)C(=O)O. The molecule has 2 rings (SSSR count). The van der Waals surface area contributed by atoms with Crippen LogP contribution in [0, 0.1) is 5.92 Å². The molecule has 0 bridgehead atoms. The van der Waals surface area contributed by atoms with Crippen LogP contribution in [-0.2, 0) is 20.9 Å². The van der Waals surface area contributed by atoms with Crippen LogP contribution in [0.15, 0.2) is 30.3 Å². The van der Waals surface area contributed by atoms with E-state index in [4.69, 9.17) is 0 Å². The van der Waals surface area contributed by atoms with Crippen molar-refractivity contribution in [1.29, 1.82) is 0 Å². The van der Waals surface area contributed by atoms with Gasteiger partial charge in [0, 0.05) is 19.0 Å². The molecule has 1 aromatic carbocycles. The molecule has 0 saturated carbocycles. The predicted octanol–water partition coefficient (Wildman–Crippen LogP) is 1.50. The maximum atomic E-state index is 13.5. The van der Waals surface area contributed by atoms with Gasteiger partial charge in [-0.25, -0.2) is 4.79 Å². The number of hydrogen-bond donors (Lipinski definition) is 2. The van der Waals surface area contributed by atoms with E-state index in [1.807, 2.05) is 30.3 Å². The fourth-order valence-corrected chi connectivity index (χ4v) is 3.53. The molecule has 1 heterocycles. The van der Waals surface area contributed by atoms with Crippen molar-refractivity contribution in [2.75, 3.05) is 13.2 Å². The van der Waals surface area contributed by atoms with Gasteiger partial charge in [-0.15, -0.1) is 0 Å². The van der Waals surface area contributed by atoms with E-state index < -0.39 is 30.1 Å². The highest BCUT2D eigenvalue weighted by Gasteiger charge is 2.52. The topological polar surface area (TPSA) is 98.2 Å². The van der Waals surface area contributed by atoms with E-state index in [1.54, 1.807) is 13.8 Å². The van der Waals surface area contributed by atoms with Crippen LogP contribution in [-0.4, -0.2) is 62.5 Å². The Hall–Kier alpha value is -2.41. The molecule has 1 fully saturated rings. The molecule has 7 nitrogen and oxygen atoms in total. The Morgan fingerprint density at radius 2 is 1.81 bits per heavy atom. The summed E-state index contributed by atoms with van der Waals surface area (Å²) in [7, 11) is 0. The van der Waals surface area contributed by atoms with Gasteiger partial charge in [0.05, 0.1) is 6.61 Å². The average molecular weight is 376 g/mol. The number of carboxylic acids is 1. The molecule has 1 saturated heterocycles. The van der Waals surface area contributed by atoms with Crippen molar-refractivity contribution in [3.8, 4) is 0 Å². The van der Waals surface area contributed by atoms with Gasteiger partial charge in [0.1, 0.15) is 11.6 Å². The molecule has 0 unspecified atom stereocenters. The van der Waals surface area contributed by atoms with E-state index >= 15 is 0 Å². The van der Waals surface area contributed by atoms with Gasteiger partial charge in [-0.05, 0) is 25.3 Å². The summed E-state index contributed by atoms with van der Waals surface area (Å²) < 4.78 is 0. The maximum absolute atomic E-state index is 13.5. The first-order chi connectivity index (χ1) is 12.7. The van der Waals surface area contributed by atoms with Gasteiger partial charge in [0.25, 0.3) is 5.91 Å². The first kappa shape index (κ1) is 20.9. The average Bonchev–Trinajstić information content (AvgIpc) is 3.10. The van der Waals surface area contributed by atoms with E-state index in [0.29, 0.717) is 19.4 Å². The molecule has 0 aromatic heterocycles. The number of benzene rings is 1. The molecule has 2 atom stereocenters. The van der Waals surface area contributed by atoms with Crippen molar-refractivity contribution in [1.82, 2.24) is 9.80 Å². The zero-order chi connectivity index (χ0) is 20.2. The van der Waals surface area contributed by atoms with Crippen LogP contribution < -0.4 is 0 Å². The summed E-state index contributed by atoms with van der Waals surface area (Å²) in [4.78, 5) is 40.4. The third-order valence-corrected chi connectivity index (χ3v) is 5.19.